The predicted molar refractivity (Wildman–Crippen MR) is 94.8 cm³/mol. The molecule has 0 aromatic heterocycles. The minimum Gasteiger partial charge on any atom is -0.453 e. The molecule has 3 rings (SSSR count). The first-order valence-corrected chi connectivity index (χ1v) is 7.47. The third kappa shape index (κ3) is 3.72. The molecular formula is C18H16N2O6. The van der Waals surface area contributed by atoms with E-state index >= 15 is 0 Å². The second kappa shape index (κ2) is 7.51. The molecule has 3 aromatic rings. The minimum atomic E-state index is 0.0733. The Bertz CT molecular complexity index is 841. The van der Waals surface area contributed by atoms with Crippen LogP contribution in [0.25, 0.3) is 0 Å². The summed E-state index contributed by atoms with van der Waals surface area (Å²) in [4.78, 5) is 8.40. The molecule has 0 atom stereocenters. The van der Waals surface area contributed by atoms with Gasteiger partial charge in [-0.05, 0) is 36.4 Å². The summed E-state index contributed by atoms with van der Waals surface area (Å²) in [5.74, 6) is 1.73. The van der Waals surface area contributed by atoms with E-state index in [9.17, 15) is 0 Å². The average Bonchev–Trinajstić information content (AvgIpc) is 2.66. The zero-order valence-corrected chi connectivity index (χ0v) is 13.5. The van der Waals surface area contributed by atoms with E-state index in [4.69, 9.17) is 31.5 Å². The largest absolute Gasteiger partial charge is 0.453 e. The number of nitrogen functional groups attached to an aromatic ring is 2. The lowest BCUT2D eigenvalue weighted by atomic mass is 10.2. The normalized spacial score (nSPS) is 10.2. The molecule has 0 spiro atoms. The third-order valence-electron chi connectivity index (χ3n) is 3.47. The van der Waals surface area contributed by atoms with Crippen molar-refractivity contribution in [2.24, 2.45) is 0 Å². The summed E-state index contributed by atoms with van der Waals surface area (Å²) in [5.41, 5.74) is 11.8. The van der Waals surface area contributed by atoms with E-state index in [0.717, 1.165) is 0 Å². The Morgan fingerprint density at radius 1 is 0.577 bits per heavy atom. The summed E-state index contributed by atoms with van der Waals surface area (Å²) < 4.78 is 11.6. The van der Waals surface area contributed by atoms with Crippen molar-refractivity contribution in [2.45, 2.75) is 0 Å². The van der Waals surface area contributed by atoms with Gasteiger partial charge in [0.1, 0.15) is 11.5 Å². The first kappa shape index (κ1) is 17.2. The average molecular weight is 356 g/mol. The van der Waals surface area contributed by atoms with E-state index in [-0.39, 0.29) is 22.9 Å². The van der Waals surface area contributed by atoms with Crippen molar-refractivity contribution in [3.05, 3.63) is 60.7 Å². The lowest BCUT2D eigenvalue weighted by Gasteiger charge is -2.13. The molecule has 0 fully saturated rings. The number of ether oxygens (including phenoxy) is 2. The second-order valence-corrected chi connectivity index (χ2v) is 5.23. The van der Waals surface area contributed by atoms with Gasteiger partial charge in [-0.1, -0.05) is 12.1 Å². The zero-order chi connectivity index (χ0) is 18.5. The molecule has 0 saturated carbocycles. The second-order valence-electron chi connectivity index (χ2n) is 5.23. The van der Waals surface area contributed by atoms with Crippen LogP contribution in [0.2, 0.25) is 0 Å². The number of benzene rings is 3. The number of rotatable bonds is 6. The number of anilines is 2. The zero-order valence-electron chi connectivity index (χ0n) is 13.5. The molecule has 0 amide bonds. The van der Waals surface area contributed by atoms with Gasteiger partial charge in [-0.25, -0.2) is 10.5 Å². The van der Waals surface area contributed by atoms with E-state index in [1.54, 1.807) is 36.4 Å². The van der Waals surface area contributed by atoms with Crippen LogP contribution in [-0.2, 0) is 0 Å². The van der Waals surface area contributed by atoms with Crippen LogP contribution >= 0.6 is 0 Å². The fraction of sp³-hybridized carbons (Fsp3) is 0. The summed E-state index contributed by atoms with van der Waals surface area (Å²) >= 11 is 0. The Kier molecular flexibility index (Phi) is 4.97. The monoisotopic (exact) mass is 356 g/mol. The van der Waals surface area contributed by atoms with Crippen molar-refractivity contribution in [3.63, 3.8) is 0 Å². The van der Waals surface area contributed by atoms with Crippen LogP contribution < -0.4 is 30.7 Å². The van der Waals surface area contributed by atoms with Crippen molar-refractivity contribution in [3.8, 4) is 34.5 Å². The molecule has 0 aliphatic heterocycles. The molecule has 0 saturated heterocycles. The fourth-order valence-electron chi connectivity index (χ4n) is 2.19. The van der Waals surface area contributed by atoms with Crippen LogP contribution in [0.3, 0.4) is 0 Å². The van der Waals surface area contributed by atoms with Crippen LogP contribution in [0.15, 0.2) is 60.7 Å². The molecule has 0 bridgehead atoms. The highest BCUT2D eigenvalue weighted by atomic mass is 17.1. The standard InChI is InChI=1S/C18H16N2O6/c19-13-7-5-11(9-17(13)25-21)23-15-3-1-2-4-16(15)24-12-6-8-14(20)18(10-12)26-22/h1-10,21-22H,19-20H2. The Morgan fingerprint density at radius 2 is 1.00 bits per heavy atom. The first-order chi connectivity index (χ1) is 12.6. The molecule has 0 aliphatic carbocycles. The van der Waals surface area contributed by atoms with Gasteiger partial charge in [0.05, 0.1) is 11.4 Å². The third-order valence-corrected chi connectivity index (χ3v) is 3.47. The van der Waals surface area contributed by atoms with Gasteiger partial charge in [-0.2, -0.15) is 0 Å². The van der Waals surface area contributed by atoms with E-state index in [1.165, 1.54) is 24.3 Å². The Hall–Kier alpha value is -3.62. The maximum Gasteiger partial charge on any atom is 0.191 e. The molecule has 0 heterocycles. The van der Waals surface area contributed by atoms with Crippen LogP contribution in [0.1, 0.15) is 0 Å². The summed E-state index contributed by atoms with van der Waals surface area (Å²) in [7, 11) is 0. The van der Waals surface area contributed by atoms with Crippen molar-refractivity contribution < 1.29 is 29.8 Å². The predicted octanol–water partition coefficient (Wildman–Crippen LogP) is 4.14. The highest BCUT2D eigenvalue weighted by molar-refractivity contribution is 5.58. The SMILES string of the molecule is Nc1ccc(Oc2ccccc2Oc2ccc(N)c(OO)c2)cc1OO. The Morgan fingerprint density at radius 3 is 1.38 bits per heavy atom. The number of hydrogen-bond donors (Lipinski definition) is 4. The Balaban J connectivity index is 1.87. The fourth-order valence-corrected chi connectivity index (χ4v) is 2.19. The van der Waals surface area contributed by atoms with Gasteiger partial charge in [-0.3, -0.25) is 0 Å². The summed E-state index contributed by atoms with van der Waals surface area (Å²) in [6.07, 6.45) is 0. The van der Waals surface area contributed by atoms with Gasteiger partial charge in [0, 0.05) is 12.1 Å². The summed E-state index contributed by atoms with van der Waals surface area (Å²) in [6.45, 7) is 0. The van der Waals surface area contributed by atoms with Crippen LogP contribution in [-0.4, -0.2) is 10.5 Å². The first-order valence-electron chi connectivity index (χ1n) is 7.47. The maximum atomic E-state index is 8.83. The van der Waals surface area contributed by atoms with Crippen molar-refractivity contribution >= 4 is 11.4 Å². The number of para-hydroxylation sites is 2. The molecule has 0 radical (unpaired) electrons. The topological polar surface area (TPSA) is 129 Å². The van der Waals surface area contributed by atoms with Crippen LogP contribution in [0.5, 0.6) is 34.5 Å². The van der Waals surface area contributed by atoms with Crippen molar-refractivity contribution in [1.82, 2.24) is 0 Å². The van der Waals surface area contributed by atoms with Gasteiger partial charge in [0.25, 0.3) is 0 Å². The summed E-state index contributed by atoms with van der Waals surface area (Å²) in [5, 5.41) is 17.7. The van der Waals surface area contributed by atoms with Crippen molar-refractivity contribution in [2.75, 3.05) is 11.5 Å². The van der Waals surface area contributed by atoms with Gasteiger partial charge in [-0.15, -0.1) is 0 Å². The van der Waals surface area contributed by atoms with Gasteiger partial charge >= 0.3 is 0 Å². The minimum absolute atomic E-state index is 0.0733. The van der Waals surface area contributed by atoms with E-state index in [0.29, 0.717) is 23.0 Å². The number of hydrogen-bond acceptors (Lipinski definition) is 8. The summed E-state index contributed by atoms with van der Waals surface area (Å²) in [6, 6.07) is 16.1. The lowest BCUT2D eigenvalue weighted by Crippen LogP contribution is -1.95. The molecule has 134 valence electrons. The molecule has 3 aromatic carbocycles. The molecule has 8 nitrogen and oxygen atoms in total. The van der Waals surface area contributed by atoms with Gasteiger partial charge in [0.2, 0.25) is 0 Å². The molecule has 8 heteroatoms. The highest BCUT2D eigenvalue weighted by Crippen LogP contribution is 2.37. The highest BCUT2D eigenvalue weighted by Gasteiger charge is 2.11. The van der Waals surface area contributed by atoms with Crippen LogP contribution in [0, 0.1) is 0 Å². The molecule has 0 aliphatic rings. The van der Waals surface area contributed by atoms with Gasteiger partial charge in [0.15, 0.2) is 23.0 Å². The van der Waals surface area contributed by atoms with E-state index < -0.39 is 0 Å². The molecular weight excluding hydrogens is 340 g/mol. The molecule has 26 heavy (non-hydrogen) atoms. The molecule has 6 N–H and O–H groups in total. The van der Waals surface area contributed by atoms with Crippen molar-refractivity contribution in [1.29, 1.82) is 0 Å². The van der Waals surface area contributed by atoms with Crippen LogP contribution in [0.4, 0.5) is 11.4 Å². The van der Waals surface area contributed by atoms with Gasteiger partial charge < -0.3 is 30.7 Å². The van der Waals surface area contributed by atoms with E-state index in [1.807, 2.05) is 0 Å². The maximum absolute atomic E-state index is 8.83. The molecule has 0 unspecified atom stereocenters. The Labute approximate surface area is 148 Å². The number of nitrogens with two attached hydrogens (primary N) is 2. The lowest BCUT2D eigenvalue weighted by molar-refractivity contribution is -0.137. The quantitative estimate of drug-likeness (QED) is 0.294. The van der Waals surface area contributed by atoms with E-state index in [2.05, 4.69) is 9.78 Å². The smallest absolute Gasteiger partial charge is 0.191 e.